The van der Waals surface area contributed by atoms with Gasteiger partial charge in [0.15, 0.2) is 5.82 Å². The Kier molecular flexibility index (Phi) is 4.25. The van der Waals surface area contributed by atoms with Crippen LogP contribution in [0.15, 0.2) is 65.8 Å². The van der Waals surface area contributed by atoms with E-state index in [1.807, 2.05) is 37.3 Å². The number of nitrogens with zero attached hydrogens (tertiary/aromatic N) is 3. The van der Waals surface area contributed by atoms with E-state index in [2.05, 4.69) is 10.1 Å². The maximum atomic E-state index is 12.5. The van der Waals surface area contributed by atoms with Gasteiger partial charge in [-0.25, -0.2) is 4.98 Å². The summed E-state index contributed by atoms with van der Waals surface area (Å²) in [6, 6.07) is 16.7. The van der Waals surface area contributed by atoms with Gasteiger partial charge in [-0.15, -0.1) is 9.19 Å². The Morgan fingerprint density at radius 2 is 1.65 bits per heavy atom. The fourth-order valence-corrected chi connectivity index (χ4v) is 3.30. The molecule has 0 aliphatic heterocycles. The molecule has 0 bridgehead atoms. The molecule has 0 fully saturated rings. The molecule has 0 spiro atoms. The Hall–Kier alpha value is -2.47. The molecule has 1 aromatic heterocycles. The highest BCUT2D eigenvalue weighted by molar-refractivity contribution is 7.89. The smallest absolute Gasteiger partial charge is 0.219 e. The van der Waals surface area contributed by atoms with Crippen molar-refractivity contribution in [2.45, 2.75) is 24.7 Å². The summed E-state index contributed by atoms with van der Waals surface area (Å²) >= 11 is 0. The van der Waals surface area contributed by atoms with Gasteiger partial charge >= 0.3 is 0 Å². The average Bonchev–Trinajstić information content (AvgIpc) is 3.04. The highest BCUT2D eigenvalue weighted by Crippen LogP contribution is 2.13. The third-order valence-electron chi connectivity index (χ3n) is 3.56. The van der Waals surface area contributed by atoms with E-state index in [1.165, 1.54) is 11.9 Å². The molecular weight excluding hydrogens is 310 g/mol. The van der Waals surface area contributed by atoms with Crippen molar-refractivity contribution in [3.8, 4) is 0 Å². The van der Waals surface area contributed by atoms with Gasteiger partial charge in [0, 0.05) is 6.42 Å². The first-order valence-electron chi connectivity index (χ1n) is 7.32. The van der Waals surface area contributed by atoms with Crippen molar-refractivity contribution in [3.05, 3.63) is 77.9 Å². The van der Waals surface area contributed by atoms with E-state index < -0.39 is 10.0 Å². The fraction of sp³-hybridized carbons (Fsp3) is 0.176. The summed E-state index contributed by atoms with van der Waals surface area (Å²) < 4.78 is 25.9. The first-order valence-corrected chi connectivity index (χ1v) is 8.76. The van der Waals surface area contributed by atoms with Crippen molar-refractivity contribution in [2.75, 3.05) is 0 Å². The molecule has 3 aromatic rings. The molecule has 118 valence electrons. The number of hydrogen-bond donors (Lipinski definition) is 0. The van der Waals surface area contributed by atoms with E-state index in [0.29, 0.717) is 12.2 Å². The lowest BCUT2D eigenvalue weighted by atomic mass is 10.1. The van der Waals surface area contributed by atoms with Crippen LogP contribution in [-0.4, -0.2) is 22.6 Å². The second-order valence-corrected chi connectivity index (χ2v) is 7.13. The van der Waals surface area contributed by atoms with Crippen LogP contribution in [0.1, 0.15) is 17.0 Å². The lowest BCUT2D eigenvalue weighted by Gasteiger charge is -2.03. The quantitative estimate of drug-likeness (QED) is 0.722. The molecule has 0 saturated carbocycles. The van der Waals surface area contributed by atoms with Crippen LogP contribution in [0, 0.1) is 6.92 Å². The lowest BCUT2D eigenvalue weighted by Crippen LogP contribution is -2.14. The van der Waals surface area contributed by atoms with Crippen molar-refractivity contribution in [1.29, 1.82) is 0 Å². The molecule has 0 unspecified atom stereocenters. The van der Waals surface area contributed by atoms with Crippen molar-refractivity contribution in [1.82, 2.24) is 14.2 Å². The lowest BCUT2D eigenvalue weighted by molar-refractivity contribution is 0.579. The van der Waals surface area contributed by atoms with Crippen LogP contribution < -0.4 is 0 Å². The summed E-state index contributed by atoms with van der Waals surface area (Å²) in [4.78, 5) is 4.32. The molecule has 0 amide bonds. The third kappa shape index (κ3) is 3.48. The summed E-state index contributed by atoms with van der Waals surface area (Å²) in [6.07, 6.45) is 2.63. The zero-order valence-electron chi connectivity index (χ0n) is 12.8. The normalized spacial score (nSPS) is 11.5. The molecule has 0 aliphatic carbocycles. The molecule has 23 heavy (non-hydrogen) atoms. The zero-order valence-corrected chi connectivity index (χ0v) is 13.6. The summed E-state index contributed by atoms with van der Waals surface area (Å²) in [6.45, 7) is 1.91. The van der Waals surface area contributed by atoms with Crippen LogP contribution in [0.2, 0.25) is 0 Å². The molecule has 6 heteroatoms. The van der Waals surface area contributed by atoms with Gasteiger partial charge in [0.05, 0.1) is 4.90 Å². The summed E-state index contributed by atoms with van der Waals surface area (Å²) in [5.74, 6) is 0.518. The fourth-order valence-electron chi connectivity index (χ4n) is 2.23. The second kappa shape index (κ2) is 6.34. The molecular formula is C17H17N3O2S. The Labute approximate surface area is 135 Å². The van der Waals surface area contributed by atoms with Crippen LogP contribution in [0.25, 0.3) is 0 Å². The van der Waals surface area contributed by atoms with E-state index in [4.69, 9.17) is 0 Å². The summed E-state index contributed by atoms with van der Waals surface area (Å²) in [5, 5.41) is 4.11. The highest BCUT2D eigenvalue weighted by Gasteiger charge is 2.18. The summed E-state index contributed by atoms with van der Waals surface area (Å²) in [7, 11) is -3.67. The van der Waals surface area contributed by atoms with Crippen molar-refractivity contribution >= 4 is 10.0 Å². The molecule has 5 nitrogen and oxygen atoms in total. The predicted octanol–water partition coefficient (Wildman–Crippen LogP) is 2.61. The monoisotopic (exact) mass is 327 g/mol. The largest absolute Gasteiger partial charge is 0.284 e. The van der Waals surface area contributed by atoms with E-state index >= 15 is 0 Å². The van der Waals surface area contributed by atoms with E-state index in [0.717, 1.165) is 16.1 Å². The van der Waals surface area contributed by atoms with E-state index in [9.17, 15) is 8.42 Å². The topological polar surface area (TPSA) is 64.8 Å². The Bertz CT molecular complexity index is 885. The van der Waals surface area contributed by atoms with Crippen LogP contribution in [-0.2, 0) is 22.9 Å². The minimum absolute atomic E-state index is 0.211. The van der Waals surface area contributed by atoms with Crippen LogP contribution in [0.3, 0.4) is 0 Å². The van der Waals surface area contributed by atoms with Gasteiger partial charge < -0.3 is 0 Å². The van der Waals surface area contributed by atoms with Gasteiger partial charge in [-0.05, 0) is 31.0 Å². The number of hydrogen-bond acceptors (Lipinski definition) is 4. The molecule has 2 aromatic carbocycles. The van der Waals surface area contributed by atoms with Gasteiger partial charge in [-0.2, -0.15) is 8.42 Å². The van der Waals surface area contributed by atoms with Gasteiger partial charge in [-0.3, -0.25) is 0 Å². The minimum Gasteiger partial charge on any atom is -0.219 e. The van der Waals surface area contributed by atoms with Crippen molar-refractivity contribution < 1.29 is 8.42 Å². The van der Waals surface area contributed by atoms with Gasteiger partial charge in [0.2, 0.25) is 0 Å². The van der Waals surface area contributed by atoms with Crippen LogP contribution in [0.5, 0.6) is 0 Å². The first kappa shape index (κ1) is 15.4. The van der Waals surface area contributed by atoms with Crippen molar-refractivity contribution in [3.63, 3.8) is 0 Å². The minimum atomic E-state index is -3.67. The van der Waals surface area contributed by atoms with Gasteiger partial charge in [0.1, 0.15) is 6.33 Å². The molecule has 0 N–H and O–H groups in total. The predicted molar refractivity (Wildman–Crippen MR) is 87.6 cm³/mol. The Balaban J connectivity index is 1.77. The third-order valence-corrected chi connectivity index (χ3v) is 5.10. The van der Waals surface area contributed by atoms with Gasteiger partial charge in [0.25, 0.3) is 10.0 Å². The number of rotatable bonds is 5. The molecule has 0 aliphatic rings. The van der Waals surface area contributed by atoms with E-state index in [1.54, 1.807) is 24.3 Å². The molecule has 0 saturated heterocycles. The van der Waals surface area contributed by atoms with Gasteiger partial charge in [-0.1, -0.05) is 48.0 Å². The molecule has 3 rings (SSSR count). The second-order valence-electron chi connectivity index (χ2n) is 5.34. The number of aromatic nitrogens is 3. The zero-order chi connectivity index (χ0) is 16.3. The number of aryl methyl sites for hydroxylation is 3. The molecule has 0 atom stereocenters. The maximum absolute atomic E-state index is 12.5. The SMILES string of the molecule is Cc1ccc(S(=O)(=O)n2cnc(CCc3ccccc3)n2)cc1. The highest BCUT2D eigenvalue weighted by atomic mass is 32.2. The Morgan fingerprint density at radius 3 is 2.35 bits per heavy atom. The summed E-state index contributed by atoms with van der Waals surface area (Å²) in [5.41, 5.74) is 2.18. The van der Waals surface area contributed by atoms with Crippen LogP contribution >= 0.6 is 0 Å². The standard InChI is InChI=1S/C17H17N3O2S/c1-14-7-10-16(11-8-14)23(21,22)20-13-18-17(19-20)12-9-15-5-3-2-4-6-15/h2-8,10-11,13H,9,12H2,1H3. The maximum Gasteiger partial charge on any atom is 0.284 e. The van der Waals surface area contributed by atoms with Crippen molar-refractivity contribution in [2.24, 2.45) is 0 Å². The van der Waals surface area contributed by atoms with E-state index in [-0.39, 0.29) is 4.90 Å². The number of benzene rings is 2. The average molecular weight is 327 g/mol. The Morgan fingerprint density at radius 1 is 0.957 bits per heavy atom. The molecule has 1 heterocycles. The molecule has 0 radical (unpaired) electrons. The first-order chi connectivity index (χ1) is 11.1. The van der Waals surface area contributed by atoms with Crippen LogP contribution in [0.4, 0.5) is 0 Å².